The SMILES string of the molecule is NC1CCN2c3ncccc3Cc3ccccc3C2C1. The Morgan fingerprint density at radius 3 is 2.90 bits per heavy atom. The van der Waals surface area contributed by atoms with Gasteiger partial charge < -0.3 is 10.6 Å². The first-order valence-corrected chi connectivity index (χ1v) is 7.37. The average Bonchev–Trinajstić information content (AvgIpc) is 2.61. The zero-order chi connectivity index (χ0) is 13.5. The van der Waals surface area contributed by atoms with Gasteiger partial charge in [0.05, 0.1) is 6.04 Å². The molecule has 0 radical (unpaired) electrons. The lowest BCUT2D eigenvalue weighted by Crippen LogP contribution is -2.42. The van der Waals surface area contributed by atoms with Crippen LogP contribution < -0.4 is 10.6 Å². The van der Waals surface area contributed by atoms with E-state index in [1.807, 2.05) is 12.3 Å². The van der Waals surface area contributed by atoms with E-state index in [2.05, 4.69) is 40.2 Å². The summed E-state index contributed by atoms with van der Waals surface area (Å²) in [5.41, 5.74) is 10.4. The van der Waals surface area contributed by atoms with Crippen LogP contribution in [0.25, 0.3) is 0 Å². The Balaban J connectivity index is 1.90. The van der Waals surface area contributed by atoms with Crippen LogP contribution in [0.2, 0.25) is 0 Å². The zero-order valence-corrected chi connectivity index (χ0v) is 11.5. The van der Waals surface area contributed by atoms with Crippen molar-refractivity contribution in [2.75, 3.05) is 11.4 Å². The summed E-state index contributed by atoms with van der Waals surface area (Å²) in [5.74, 6) is 1.15. The predicted octanol–water partition coefficient (Wildman–Crippen LogP) is 2.65. The van der Waals surface area contributed by atoms with Crippen LogP contribution >= 0.6 is 0 Å². The average molecular weight is 265 g/mol. The largest absolute Gasteiger partial charge is 0.349 e. The molecule has 3 heterocycles. The maximum absolute atomic E-state index is 6.22. The van der Waals surface area contributed by atoms with Gasteiger partial charge in [-0.25, -0.2) is 4.98 Å². The fraction of sp³-hybridized carbons (Fsp3) is 0.353. The molecule has 1 aromatic heterocycles. The van der Waals surface area contributed by atoms with Gasteiger partial charge in [-0.3, -0.25) is 0 Å². The summed E-state index contributed by atoms with van der Waals surface area (Å²) in [6, 6.07) is 13.7. The number of aromatic nitrogens is 1. The number of benzene rings is 1. The highest BCUT2D eigenvalue weighted by atomic mass is 15.2. The standard InChI is InChI=1S/C17H19N3/c18-14-7-9-20-16(11-14)15-6-2-1-4-12(15)10-13-5-3-8-19-17(13)20/h1-6,8,14,16H,7,9-11,18H2. The van der Waals surface area contributed by atoms with Gasteiger partial charge >= 0.3 is 0 Å². The van der Waals surface area contributed by atoms with E-state index >= 15 is 0 Å². The molecule has 20 heavy (non-hydrogen) atoms. The van der Waals surface area contributed by atoms with Crippen molar-refractivity contribution in [3.05, 3.63) is 59.3 Å². The topological polar surface area (TPSA) is 42.1 Å². The van der Waals surface area contributed by atoms with E-state index in [1.54, 1.807) is 0 Å². The Morgan fingerprint density at radius 1 is 1.10 bits per heavy atom. The summed E-state index contributed by atoms with van der Waals surface area (Å²) in [7, 11) is 0. The van der Waals surface area contributed by atoms with Crippen molar-refractivity contribution in [1.29, 1.82) is 0 Å². The summed E-state index contributed by atoms with van der Waals surface area (Å²) in [6.45, 7) is 1.00. The van der Waals surface area contributed by atoms with E-state index in [9.17, 15) is 0 Å². The second-order valence-electron chi connectivity index (χ2n) is 5.86. The lowest BCUT2D eigenvalue weighted by molar-refractivity contribution is 0.417. The first-order valence-electron chi connectivity index (χ1n) is 7.37. The minimum atomic E-state index is 0.301. The number of nitrogens with two attached hydrogens (primary N) is 1. The highest BCUT2D eigenvalue weighted by Crippen LogP contribution is 2.40. The molecule has 2 N–H and O–H groups in total. The maximum Gasteiger partial charge on any atom is 0.132 e. The van der Waals surface area contributed by atoms with E-state index in [0.29, 0.717) is 12.1 Å². The molecule has 0 amide bonds. The summed E-state index contributed by atoms with van der Waals surface area (Å²) in [4.78, 5) is 7.12. The summed E-state index contributed by atoms with van der Waals surface area (Å²) in [5, 5.41) is 0. The van der Waals surface area contributed by atoms with Crippen molar-refractivity contribution in [1.82, 2.24) is 4.98 Å². The molecule has 1 fully saturated rings. The van der Waals surface area contributed by atoms with Gasteiger partial charge in [-0.2, -0.15) is 0 Å². The van der Waals surface area contributed by atoms with Crippen LogP contribution in [0.3, 0.4) is 0 Å². The molecule has 1 saturated heterocycles. The van der Waals surface area contributed by atoms with Gasteiger partial charge in [0.15, 0.2) is 0 Å². The Morgan fingerprint density at radius 2 is 1.95 bits per heavy atom. The molecule has 2 atom stereocenters. The molecule has 0 spiro atoms. The van der Waals surface area contributed by atoms with Crippen molar-refractivity contribution in [2.24, 2.45) is 5.73 Å². The summed E-state index contributed by atoms with van der Waals surface area (Å²) < 4.78 is 0. The Labute approximate surface area is 119 Å². The first-order chi connectivity index (χ1) is 9.83. The van der Waals surface area contributed by atoms with Crippen molar-refractivity contribution in [3.8, 4) is 0 Å². The molecule has 0 aliphatic carbocycles. The molecule has 1 aromatic carbocycles. The minimum absolute atomic E-state index is 0.301. The molecule has 2 aromatic rings. The second-order valence-corrected chi connectivity index (χ2v) is 5.86. The lowest BCUT2D eigenvalue weighted by Gasteiger charge is -2.39. The van der Waals surface area contributed by atoms with Gasteiger partial charge in [0, 0.05) is 25.2 Å². The number of hydrogen-bond donors (Lipinski definition) is 1. The maximum atomic E-state index is 6.22. The minimum Gasteiger partial charge on any atom is -0.349 e. The fourth-order valence-electron chi connectivity index (χ4n) is 3.59. The smallest absolute Gasteiger partial charge is 0.132 e. The molecular weight excluding hydrogens is 246 g/mol. The highest BCUT2D eigenvalue weighted by molar-refractivity contribution is 5.56. The molecular formula is C17H19N3. The van der Waals surface area contributed by atoms with E-state index in [0.717, 1.165) is 31.6 Å². The Kier molecular flexibility index (Phi) is 2.74. The summed E-state index contributed by atoms with van der Waals surface area (Å²) >= 11 is 0. The Bertz CT molecular complexity index is 638. The van der Waals surface area contributed by atoms with Crippen LogP contribution in [0.4, 0.5) is 5.82 Å². The number of rotatable bonds is 0. The molecule has 0 bridgehead atoms. The molecule has 102 valence electrons. The van der Waals surface area contributed by atoms with Crippen LogP contribution in [0, 0.1) is 0 Å². The van der Waals surface area contributed by atoms with Gasteiger partial charge in [-0.15, -0.1) is 0 Å². The monoisotopic (exact) mass is 265 g/mol. The van der Waals surface area contributed by atoms with Gasteiger partial charge in [-0.1, -0.05) is 30.3 Å². The zero-order valence-electron chi connectivity index (χ0n) is 11.5. The second kappa shape index (κ2) is 4.60. The fourth-order valence-corrected chi connectivity index (χ4v) is 3.59. The number of hydrogen-bond acceptors (Lipinski definition) is 3. The van der Waals surface area contributed by atoms with E-state index < -0.39 is 0 Å². The molecule has 2 unspecified atom stereocenters. The summed E-state index contributed by atoms with van der Waals surface area (Å²) in [6.07, 6.45) is 4.95. The van der Waals surface area contributed by atoms with Gasteiger partial charge in [0.25, 0.3) is 0 Å². The quantitative estimate of drug-likeness (QED) is 0.796. The molecule has 0 saturated carbocycles. The molecule has 3 nitrogen and oxygen atoms in total. The van der Waals surface area contributed by atoms with E-state index in [-0.39, 0.29) is 0 Å². The van der Waals surface area contributed by atoms with Crippen LogP contribution in [-0.4, -0.2) is 17.6 Å². The highest BCUT2D eigenvalue weighted by Gasteiger charge is 2.33. The molecule has 2 aliphatic heterocycles. The van der Waals surface area contributed by atoms with E-state index in [4.69, 9.17) is 5.73 Å². The Hall–Kier alpha value is -1.87. The third-order valence-electron chi connectivity index (χ3n) is 4.58. The lowest BCUT2D eigenvalue weighted by atomic mass is 9.90. The number of pyridine rings is 1. The molecule has 2 aliphatic rings. The van der Waals surface area contributed by atoms with Crippen molar-refractivity contribution in [3.63, 3.8) is 0 Å². The van der Waals surface area contributed by atoms with Crippen LogP contribution in [-0.2, 0) is 6.42 Å². The van der Waals surface area contributed by atoms with E-state index in [1.165, 1.54) is 16.7 Å². The molecule has 4 rings (SSSR count). The van der Waals surface area contributed by atoms with Crippen LogP contribution in [0.15, 0.2) is 42.6 Å². The number of piperidine rings is 1. The number of anilines is 1. The predicted molar refractivity (Wildman–Crippen MR) is 80.8 cm³/mol. The number of fused-ring (bicyclic) bond motifs is 5. The van der Waals surface area contributed by atoms with Gasteiger partial charge in [-0.05, 0) is 35.6 Å². The number of nitrogens with zero attached hydrogens (tertiary/aromatic N) is 2. The van der Waals surface area contributed by atoms with Crippen molar-refractivity contribution in [2.45, 2.75) is 31.3 Å². The normalized spacial score (nSPS) is 24.4. The third-order valence-corrected chi connectivity index (χ3v) is 4.58. The van der Waals surface area contributed by atoms with Gasteiger partial charge in [0.1, 0.15) is 5.82 Å². The molecule has 3 heteroatoms. The first kappa shape index (κ1) is 11.9. The third kappa shape index (κ3) is 1.81. The van der Waals surface area contributed by atoms with Crippen LogP contribution in [0.5, 0.6) is 0 Å². The van der Waals surface area contributed by atoms with Crippen LogP contribution in [0.1, 0.15) is 35.6 Å². The van der Waals surface area contributed by atoms with Crippen molar-refractivity contribution >= 4 is 5.82 Å². The van der Waals surface area contributed by atoms with Gasteiger partial charge in [0.2, 0.25) is 0 Å². The van der Waals surface area contributed by atoms with Crippen molar-refractivity contribution < 1.29 is 0 Å².